The summed E-state index contributed by atoms with van der Waals surface area (Å²) in [5.74, 6) is 0.596. The third-order valence-corrected chi connectivity index (χ3v) is 13.5. The van der Waals surface area contributed by atoms with Crippen LogP contribution in [0, 0.1) is 13.8 Å². The zero-order valence-corrected chi connectivity index (χ0v) is 32.6. The largest absolute Gasteiger partial charge is 0.504 e. The Balaban J connectivity index is 1.28. The number of carbonyl (C=O) groups is 3. The van der Waals surface area contributed by atoms with Crippen LogP contribution >= 0.6 is 11.8 Å². The molecule has 1 spiro atoms. The molecule has 7 heterocycles. The van der Waals surface area contributed by atoms with E-state index in [-0.39, 0.29) is 36.4 Å². The first kappa shape index (κ1) is 36.9. The molecule has 56 heavy (non-hydrogen) atoms. The minimum Gasteiger partial charge on any atom is -0.504 e. The number of piperazine rings is 1. The summed E-state index contributed by atoms with van der Waals surface area (Å²) in [7, 11) is 2.99. The van der Waals surface area contributed by atoms with E-state index in [1.165, 1.54) is 39.8 Å². The molecular formula is C40H43N3O12S. The maximum Gasteiger partial charge on any atom is 0.331 e. The van der Waals surface area contributed by atoms with Gasteiger partial charge in [0.25, 0.3) is 0 Å². The number of rotatable bonds is 4. The van der Waals surface area contributed by atoms with E-state index in [1.54, 1.807) is 12.1 Å². The van der Waals surface area contributed by atoms with Crippen LogP contribution in [-0.2, 0) is 37.5 Å². The molecule has 0 aliphatic carbocycles. The zero-order chi connectivity index (χ0) is 39.4. The SMILES string of the molecule is COc1cc2c(cc1OC(C)=O)CCN[C@]21CS[C@@H]2c3c(OC(C)=O)c(C)c4c(c3[C@@H](COC1=O)N1C2[C@@H]2N[C@H](Cc3cc(C)c(OC)c(O)c32)[C@@H]1O)OCO4. The minimum absolute atomic E-state index is 0.0107. The Morgan fingerprint density at radius 2 is 1.71 bits per heavy atom. The van der Waals surface area contributed by atoms with Crippen LogP contribution in [0.25, 0.3) is 0 Å². The molecule has 1 unspecified atom stereocenters. The van der Waals surface area contributed by atoms with Crippen LogP contribution in [0.5, 0.6) is 40.2 Å². The Kier molecular flexibility index (Phi) is 8.85. The van der Waals surface area contributed by atoms with Gasteiger partial charge in [0.2, 0.25) is 6.79 Å². The molecule has 7 aliphatic rings. The van der Waals surface area contributed by atoms with Crippen molar-refractivity contribution in [3.05, 3.63) is 62.7 Å². The van der Waals surface area contributed by atoms with Gasteiger partial charge in [-0.05, 0) is 61.1 Å². The first-order chi connectivity index (χ1) is 26.9. The van der Waals surface area contributed by atoms with Crippen molar-refractivity contribution in [2.45, 2.75) is 81.7 Å². The molecule has 0 aromatic heterocycles. The Morgan fingerprint density at radius 1 is 0.946 bits per heavy atom. The molecule has 7 atom stereocenters. The summed E-state index contributed by atoms with van der Waals surface area (Å²) in [5.41, 5.74) is 4.14. The van der Waals surface area contributed by atoms with Crippen molar-refractivity contribution in [3.8, 4) is 40.2 Å². The fourth-order valence-corrected chi connectivity index (χ4v) is 11.5. The van der Waals surface area contributed by atoms with Crippen LogP contribution in [0.1, 0.15) is 75.7 Å². The minimum atomic E-state index is -1.40. The number of nitrogens with one attached hydrogen (secondary N) is 2. The molecule has 7 aliphatic heterocycles. The van der Waals surface area contributed by atoms with Gasteiger partial charge in [-0.25, -0.2) is 4.79 Å². The van der Waals surface area contributed by atoms with Gasteiger partial charge in [-0.2, -0.15) is 0 Å². The number of esters is 3. The van der Waals surface area contributed by atoms with Crippen molar-refractivity contribution in [1.82, 2.24) is 15.5 Å². The number of thioether (sulfide) groups is 1. The van der Waals surface area contributed by atoms with Crippen molar-refractivity contribution in [2.75, 3.05) is 39.9 Å². The number of aliphatic hydroxyl groups excluding tert-OH is 1. The lowest BCUT2D eigenvalue weighted by Gasteiger charge is -2.59. The van der Waals surface area contributed by atoms with Gasteiger partial charge < -0.3 is 48.7 Å². The lowest BCUT2D eigenvalue weighted by molar-refractivity contribution is -0.164. The lowest BCUT2D eigenvalue weighted by Crippen LogP contribution is -2.69. The number of hydrogen-bond donors (Lipinski definition) is 4. The number of hydrogen-bond acceptors (Lipinski definition) is 16. The molecule has 4 N–H and O–H groups in total. The number of phenolic OH excluding ortho intramolecular Hbond substituents is 1. The predicted octanol–water partition coefficient (Wildman–Crippen LogP) is 3.29. The normalized spacial score (nSPS) is 28.3. The third-order valence-electron chi connectivity index (χ3n) is 12.0. The summed E-state index contributed by atoms with van der Waals surface area (Å²) in [6.45, 7) is 6.46. The molecule has 2 saturated heterocycles. The number of aromatic hydroxyl groups is 1. The average molecular weight is 790 g/mol. The highest BCUT2D eigenvalue weighted by Crippen LogP contribution is 2.63. The summed E-state index contributed by atoms with van der Waals surface area (Å²) in [5, 5.41) is 30.9. The molecule has 4 bridgehead atoms. The first-order valence-corrected chi connectivity index (χ1v) is 19.6. The second-order valence-electron chi connectivity index (χ2n) is 15.1. The number of methoxy groups -OCH3 is 2. The van der Waals surface area contributed by atoms with E-state index in [1.807, 2.05) is 24.8 Å². The van der Waals surface area contributed by atoms with Crippen LogP contribution < -0.4 is 39.1 Å². The Morgan fingerprint density at radius 3 is 2.45 bits per heavy atom. The zero-order valence-electron chi connectivity index (χ0n) is 31.8. The van der Waals surface area contributed by atoms with E-state index < -0.39 is 59.1 Å². The predicted molar refractivity (Wildman–Crippen MR) is 200 cm³/mol. The third kappa shape index (κ3) is 5.29. The maximum absolute atomic E-state index is 14.8. The summed E-state index contributed by atoms with van der Waals surface area (Å²) in [6, 6.07) is 3.03. The number of aryl methyl sites for hydroxylation is 1. The fourth-order valence-electron chi connectivity index (χ4n) is 9.82. The van der Waals surface area contributed by atoms with Crippen molar-refractivity contribution in [2.24, 2.45) is 0 Å². The molecule has 15 nitrogen and oxygen atoms in total. The standard InChI is InChI=1S/C40H43N3O12S/c1-16-9-21-10-23-38(47)43-24-13-51-39(48)40(22-12-25(49-5)26(54-18(3)44)11-20(22)7-8-41-40)14-56-37(31(43)30(42-23)27(21)32(46)33(16)50-6)29-28(24)36-35(52-15-53-36)17(2)34(29)55-19(4)45/h9,11-12,23-24,30-31,37-38,41-42,46-47H,7-8,10,13-15H2,1-6H3/t23-,24-,30-,31?,37-,38+,40-/m1/s1. The number of fused-ring (bicyclic) bond motifs is 9. The van der Waals surface area contributed by atoms with Crippen LogP contribution in [0.3, 0.4) is 0 Å². The molecule has 3 aromatic rings. The van der Waals surface area contributed by atoms with Crippen molar-refractivity contribution in [1.29, 1.82) is 0 Å². The van der Waals surface area contributed by atoms with Gasteiger partial charge in [-0.3, -0.25) is 19.8 Å². The number of phenols is 1. The monoisotopic (exact) mass is 789 g/mol. The molecule has 2 fully saturated rings. The summed E-state index contributed by atoms with van der Waals surface area (Å²) in [4.78, 5) is 41.7. The number of ether oxygens (including phenoxy) is 7. The van der Waals surface area contributed by atoms with E-state index in [4.69, 9.17) is 33.2 Å². The van der Waals surface area contributed by atoms with Gasteiger partial charge in [0.15, 0.2) is 40.0 Å². The Bertz CT molecular complexity index is 2210. The van der Waals surface area contributed by atoms with Crippen LogP contribution in [0.2, 0.25) is 0 Å². The van der Waals surface area contributed by atoms with Crippen LogP contribution in [0.4, 0.5) is 0 Å². The van der Waals surface area contributed by atoms with E-state index in [9.17, 15) is 24.6 Å². The number of aliphatic hydroxyl groups is 1. The second kappa shape index (κ2) is 13.4. The highest BCUT2D eigenvalue weighted by molar-refractivity contribution is 7.99. The molecule has 0 radical (unpaired) electrons. The molecule has 10 rings (SSSR count). The van der Waals surface area contributed by atoms with Gasteiger partial charge in [0.1, 0.15) is 18.6 Å². The summed E-state index contributed by atoms with van der Waals surface area (Å²) >= 11 is 1.44. The van der Waals surface area contributed by atoms with Crippen molar-refractivity contribution < 1.29 is 57.8 Å². The average Bonchev–Trinajstić information content (AvgIpc) is 3.66. The van der Waals surface area contributed by atoms with Gasteiger partial charge in [0, 0.05) is 54.4 Å². The first-order valence-electron chi connectivity index (χ1n) is 18.6. The van der Waals surface area contributed by atoms with Crippen LogP contribution in [-0.4, -0.2) is 91.2 Å². The smallest absolute Gasteiger partial charge is 0.331 e. The molecular weight excluding hydrogens is 747 g/mol. The molecule has 0 saturated carbocycles. The molecule has 3 aromatic carbocycles. The molecule has 0 amide bonds. The highest BCUT2D eigenvalue weighted by atomic mass is 32.2. The fraction of sp³-hybridized carbons (Fsp3) is 0.475. The molecule has 296 valence electrons. The Labute approximate surface area is 326 Å². The van der Waals surface area contributed by atoms with E-state index in [2.05, 4.69) is 10.6 Å². The van der Waals surface area contributed by atoms with E-state index in [0.717, 1.165) is 16.7 Å². The van der Waals surface area contributed by atoms with Gasteiger partial charge in [0.05, 0.1) is 37.6 Å². The Hall–Kier alpha value is -4.74. The van der Waals surface area contributed by atoms with Gasteiger partial charge in [-0.1, -0.05) is 6.07 Å². The van der Waals surface area contributed by atoms with Gasteiger partial charge in [-0.15, -0.1) is 11.8 Å². The highest BCUT2D eigenvalue weighted by Gasteiger charge is 2.60. The molecule has 16 heteroatoms. The number of benzene rings is 3. The van der Waals surface area contributed by atoms with Crippen LogP contribution in [0.15, 0.2) is 18.2 Å². The number of carbonyl (C=O) groups excluding carboxylic acids is 3. The maximum atomic E-state index is 14.8. The van der Waals surface area contributed by atoms with E-state index >= 15 is 0 Å². The summed E-state index contributed by atoms with van der Waals surface area (Å²) in [6.07, 6.45) is -0.123. The lowest BCUT2D eigenvalue weighted by atomic mass is 9.74. The van der Waals surface area contributed by atoms with Crippen molar-refractivity contribution >= 4 is 29.7 Å². The van der Waals surface area contributed by atoms with Crippen molar-refractivity contribution in [3.63, 3.8) is 0 Å². The summed E-state index contributed by atoms with van der Waals surface area (Å²) < 4.78 is 41.5. The second-order valence-corrected chi connectivity index (χ2v) is 16.2. The quantitative estimate of drug-likeness (QED) is 0.223. The van der Waals surface area contributed by atoms with Gasteiger partial charge >= 0.3 is 17.9 Å². The topological polar surface area (TPSA) is 184 Å². The number of nitrogens with zero attached hydrogens (tertiary/aromatic N) is 1. The van der Waals surface area contributed by atoms with E-state index in [0.29, 0.717) is 70.2 Å².